The standard InChI is InChI=1S/C11H20N4O2S2/c1-4-5-12-11-13-6-10(7-14-11)19(16,17)15-9(2)8-18-3/h6-7,9,15H,4-5,8H2,1-3H3,(H,12,13,14). The lowest BCUT2D eigenvalue weighted by Gasteiger charge is -2.12. The van der Waals surface area contributed by atoms with Crippen LogP contribution < -0.4 is 10.0 Å². The maximum Gasteiger partial charge on any atom is 0.243 e. The Balaban J connectivity index is 2.73. The SMILES string of the molecule is CCCNc1ncc(S(=O)(=O)NC(C)CSC)cn1. The number of hydrogen-bond acceptors (Lipinski definition) is 6. The van der Waals surface area contributed by atoms with Gasteiger partial charge >= 0.3 is 0 Å². The van der Waals surface area contributed by atoms with Gasteiger partial charge in [0, 0.05) is 18.3 Å². The molecule has 0 saturated carbocycles. The molecule has 108 valence electrons. The van der Waals surface area contributed by atoms with Crippen LogP contribution >= 0.6 is 11.8 Å². The van der Waals surface area contributed by atoms with E-state index in [-0.39, 0.29) is 10.9 Å². The van der Waals surface area contributed by atoms with Gasteiger partial charge in [-0.25, -0.2) is 23.1 Å². The quantitative estimate of drug-likeness (QED) is 0.754. The highest BCUT2D eigenvalue weighted by molar-refractivity contribution is 7.98. The Labute approximate surface area is 118 Å². The molecular formula is C11H20N4O2S2. The molecule has 0 aliphatic heterocycles. The van der Waals surface area contributed by atoms with E-state index in [0.717, 1.165) is 18.7 Å². The van der Waals surface area contributed by atoms with Gasteiger partial charge in [-0.3, -0.25) is 0 Å². The summed E-state index contributed by atoms with van der Waals surface area (Å²) in [6.07, 6.45) is 5.53. The predicted molar refractivity (Wildman–Crippen MR) is 79.0 cm³/mol. The van der Waals surface area contributed by atoms with Gasteiger partial charge in [-0.2, -0.15) is 11.8 Å². The monoisotopic (exact) mass is 304 g/mol. The van der Waals surface area contributed by atoms with Crippen LogP contribution in [0.3, 0.4) is 0 Å². The van der Waals surface area contributed by atoms with Crippen molar-refractivity contribution in [2.75, 3.05) is 23.9 Å². The first-order valence-electron chi connectivity index (χ1n) is 6.06. The van der Waals surface area contributed by atoms with E-state index in [1.165, 1.54) is 12.4 Å². The molecular weight excluding hydrogens is 284 g/mol. The molecule has 0 aromatic carbocycles. The summed E-state index contributed by atoms with van der Waals surface area (Å²) >= 11 is 1.59. The first kappa shape index (κ1) is 16.2. The summed E-state index contributed by atoms with van der Waals surface area (Å²) in [6, 6.07) is -0.127. The molecule has 0 aliphatic carbocycles. The van der Waals surface area contributed by atoms with E-state index in [9.17, 15) is 8.42 Å². The number of hydrogen-bond donors (Lipinski definition) is 2. The lowest BCUT2D eigenvalue weighted by Crippen LogP contribution is -2.34. The number of thioether (sulfide) groups is 1. The van der Waals surface area contributed by atoms with Crippen molar-refractivity contribution < 1.29 is 8.42 Å². The molecule has 0 aliphatic rings. The zero-order valence-electron chi connectivity index (χ0n) is 11.4. The molecule has 0 spiro atoms. The van der Waals surface area contributed by atoms with Crippen LogP contribution in [0.4, 0.5) is 5.95 Å². The summed E-state index contributed by atoms with van der Waals surface area (Å²) in [5.74, 6) is 1.16. The predicted octanol–water partition coefficient (Wildman–Crippen LogP) is 1.33. The van der Waals surface area contributed by atoms with Gasteiger partial charge in [-0.15, -0.1) is 0 Å². The summed E-state index contributed by atoms with van der Waals surface area (Å²) in [6.45, 7) is 4.62. The van der Waals surface area contributed by atoms with E-state index in [1.807, 2.05) is 20.1 Å². The normalized spacial score (nSPS) is 13.2. The summed E-state index contributed by atoms with van der Waals surface area (Å²) in [4.78, 5) is 8.06. The maximum absolute atomic E-state index is 12.0. The topological polar surface area (TPSA) is 84.0 Å². The molecule has 0 bridgehead atoms. The number of anilines is 1. The van der Waals surface area contributed by atoms with Crippen LogP contribution in [0, 0.1) is 0 Å². The minimum Gasteiger partial charge on any atom is -0.354 e. The molecule has 1 atom stereocenters. The molecule has 0 saturated heterocycles. The zero-order valence-corrected chi connectivity index (χ0v) is 13.0. The van der Waals surface area contributed by atoms with Gasteiger partial charge in [0.25, 0.3) is 0 Å². The molecule has 0 radical (unpaired) electrons. The molecule has 1 unspecified atom stereocenters. The third-order valence-corrected chi connectivity index (χ3v) is 4.62. The van der Waals surface area contributed by atoms with E-state index in [1.54, 1.807) is 11.8 Å². The van der Waals surface area contributed by atoms with Gasteiger partial charge < -0.3 is 5.32 Å². The fourth-order valence-corrected chi connectivity index (χ4v) is 3.22. The fourth-order valence-electron chi connectivity index (χ4n) is 1.40. The van der Waals surface area contributed by atoms with E-state index >= 15 is 0 Å². The molecule has 6 nitrogen and oxygen atoms in total. The van der Waals surface area contributed by atoms with Crippen molar-refractivity contribution in [2.24, 2.45) is 0 Å². The van der Waals surface area contributed by atoms with Crippen molar-refractivity contribution in [2.45, 2.75) is 31.2 Å². The van der Waals surface area contributed by atoms with Gasteiger partial charge in [0.15, 0.2) is 0 Å². The van der Waals surface area contributed by atoms with Crippen molar-refractivity contribution in [3.05, 3.63) is 12.4 Å². The minimum atomic E-state index is -3.54. The van der Waals surface area contributed by atoms with Gasteiger partial charge in [-0.1, -0.05) is 6.92 Å². The van der Waals surface area contributed by atoms with Crippen molar-refractivity contribution in [1.82, 2.24) is 14.7 Å². The average Bonchev–Trinajstić information content (AvgIpc) is 2.36. The van der Waals surface area contributed by atoms with Crippen molar-refractivity contribution in [3.8, 4) is 0 Å². The third kappa shape index (κ3) is 5.33. The Hall–Kier alpha value is -0.860. The molecule has 8 heteroatoms. The number of aromatic nitrogens is 2. The second kappa shape index (κ2) is 7.66. The Morgan fingerprint density at radius 3 is 2.53 bits per heavy atom. The Morgan fingerprint density at radius 2 is 2.00 bits per heavy atom. The van der Waals surface area contributed by atoms with Gasteiger partial charge in [0.05, 0.1) is 12.4 Å². The Kier molecular flexibility index (Phi) is 6.53. The van der Waals surface area contributed by atoms with Crippen LogP contribution in [0.25, 0.3) is 0 Å². The van der Waals surface area contributed by atoms with Crippen LogP contribution in [0.15, 0.2) is 17.3 Å². The minimum absolute atomic E-state index is 0.0856. The van der Waals surface area contributed by atoms with Crippen LogP contribution in [0.2, 0.25) is 0 Å². The molecule has 1 heterocycles. The highest BCUT2D eigenvalue weighted by atomic mass is 32.2. The number of nitrogens with one attached hydrogen (secondary N) is 2. The summed E-state index contributed by atoms with van der Waals surface area (Å²) in [5, 5.41) is 2.99. The highest BCUT2D eigenvalue weighted by Gasteiger charge is 2.18. The van der Waals surface area contributed by atoms with Crippen molar-refractivity contribution in [1.29, 1.82) is 0 Å². The van der Waals surface area contributed by atoms with E-state index < -0.39 is 10.0 Å². The van der Waals surface area contributed by atoms with Crippen LogP contribution in [-0.2, 0) is 10.0 Å². The highest BCUT2D eigenvalue weighted by Crippen LogP contribution is 2.09. The molecule has 2 N–H and O–H groups in total. The summed E-state index contributed by atoms with van der Waals surface area (Å²) < 4.78 is 26.6. The number of nitrogens with zero attached hydrogens (tertiary/aromatic N) is 2. The largest absolute Gasteiger partial charge is 0.354 e. The van der Waals surface area contributed by atoms with Gasteiger partial charge in [0.2, 0.25) is 16.0 Å². The lowest BCUT2D eigenvalue weighted by atomic mass is 10.4. The molecule has 1 aromatic rings. The average molecular weight is 304 g/mol. The molecule has 1 rings (SSSR count). The first-order chi connectivity index (χ1) is 8.99. The number of sulfonamides is 1. The van der Waals surface area contributed by atoms with E-state index in [0.29, 0.717) is 5.95 Å². The Bertz CT molecular complexity index is 476. The van der Waals surface area contributed by atoms with Crippen molar-refractivity contribution >= 4 is 27.7 Å². The fraction of sp³-hybridized carbons (Fsp3) is 0.636. The third-order valence-electron chi connectivity index (χ3n) is 2.24. The molecule has 1 aromatic heterocycles. The molecule has 0 amide bonds. The van der Waals surface area contributed by atoms with E-state index in [4.69, 9.17) is 0 Å². The summed E-state index contributed by atoms with van der Waals surface area (Å²) in [5.41, 5.74) is 0. The number of rotatable bonds is 8. The van der Waals surface area contributed by atoms with Gasteiger partial charge in [-0.05, 0) is 19.6 Å². The van der Waals surface area contributed by atoms with E-state index in [2.05, 4.69) is 20.0 Å². The smallest absolute Gasteiger partial charge is 0.243 e. The van der Waals surface area contributed by atoms with Gasteiger partial charge in [0.1, 0.15) is 4.90 Å². The van der Waals surface area contributed by atoms with Crippen LogP contribution in [0.1, 0.15) is 20.3 Å². The van der Waals surface area contributed by atoms with Crippen LogP contribution in [-0.4, -0.2) is 43.0 Å². The molecule has 0 fully saturated rings. The second-order valence-electron chi connectivity index (χ2n) is 4.15. The second-order valence-corrected chi connectivity index (χ2v) is 6.77. The Morgan fingerprint density at radius 1 is 1.37 bits per heavy atom. The molecule has 19 heavy (non-hydrogen) atoms. The van der Waals surface area contributed by atoms with Crippen molar-refractivity contribution in [3.63, 3.8) is 0 Å². The van der Waals surface area contributed by atoms with Crippen LogP contribution in [0.5, 0.6) is 0 Å². The lowest BCUT2D eigenvalue weighted by molar-refractivity contribution is 0.570. The maximum atomic E-state index is 12.0. The zero-order chi connectivity index (χ0) is 14.3. The summed E-state index contributed by atoms with van der Waals surface area (Å²) in [7, 11) is -3.54. The first-order valence-corrected chi connectivity index (χ1v) is 8.94.